The second kappa shape index (κ2) is 8.26. The van der Waals surface area contributed by atoms with E-state index in [4.69, 9.17) is 9.52 Å². The third kappa shape index (κ3) is 6.28. The monoisotopic (exact) mass is 300 g/mol. The fraction of sp³-hybridized carbons (Fsp3) is 0.417. The molecule has 20 heavy (non-hydrogen) atoms. The molecule has 1 heterocycles. The number of amides is 2. The van der Waals surface area contributed by atoms with E-state index in [1.54, 1.807) is 12.1 Å². The number of carbonyl (C=O) groups excluding carboxylic acids is 2. The standard InChI is InChI=1S/C12H16N2O5S/c1-8(15)14-10(12(17)18)6-20-7-11(16)13-5-9-3-2-4-19-9/h2-4,10H,5-7H2,1H3,(H,13,16)(H,14,15)(H,17,18). The molecule has 0 saturated carbocycles. The molecular weight excluding hydrogens is 284 g/mol. The summed E-state index contributed by atoms with van der Waals surface area (Å²) in [4.78, 5) is 33.2. The van der Waals surface area contributed by atoms with Gasteiger partial charge in [0.25, 0.3) is 0 Å². The molecule has 0 spiro atoms. The Morgan fingerprint density at radius 3 is 2.75 bits per heavy atom. The number of carboxylic acids is 1. The highest BCUT2D eigenvalue weighted by molar-refractivity contribution is 8.00. The van der Waals surface area contributed by atoms with Crippen LogP contribution in [0.3, 0.4) is 0 Å². The maximum absolute atomic E-state index is 11.5. The Balaban J connectivity index is 2.22. The van der Waals surface area contributed by atoms with Crippen LogP contribution >= 0.6 is 11.8 Å². The van der Waals surface area contributed by atoms with Crippen molar-refractivity contribution >= 4 is 29.5 Å². The molecule has 0 aliphatic rings. The third-order valence-electron chi connectivity index (χ3n) is 2.23. The molecule has 7 nitrogen and oxygen atoms in total. The second-order valence-corrected chi connectivity index (χ2v) is 4.99. The lowest BCUT2D eigenvalue weighted by atomic mass is 10.3. The summed E-state index contributed by atoms with van der Waals surface area (Å²) >= 11 is 1.14. The molecular formula is C12H16N2O5S. The first kappa shape index (κ1) is 16.1. The van der Waals surface area contributed by atoms with E-state index in [1.165, 1.54) is 13.2 Å². The highest BCUT2D eigenvalue weighted by atomic mass is 32.2. The SMILES string of the molecule is CC(=O)NC(CSCC(=O)NCc1ccco1)C(=O)O. The fourth-order valence-corrected chi connectivity index (χ4v) is 2.21. The van der Waals surface area contributed by atoms with Gasteiger partial charge in [0, 0.05) is 12.7 Å². The predicted molar refractivity (Wildman–Crippen MR) is 73.1 cm³/mol. The zero-order valence-corrected chi connectivity index (χ0v) is 11.7. The lowest BCUT2D eigenvalue weighted by Gasteiger charge is -2.12. The summed E-state index contributed by atoms with van der Waals surface area (Å²) in [6.07, 6.45) is 1.52. The van der Waals surface area contributed by atoms with E-state index in [1.807, 2.05) is 0 Å². The summed E-state index contributed by atoms with van der Waals surface area (Å²) < 4.78 is 5.06. The van der Waals surface area contributed by atoms with Gasteiger partial charge in [-0.25, -0.2) is 4.79 Å². The van der Waals surface area contributed by atoms with Gasteiger partial charge in [-0.05, 0) is 12.1 Å². The number of carbonyl (C=O) groups is 3. The van der Waals surface area contributed by atoms with Crippen LogP contribution in [-0.4, -0.2) is 40.4 Å². The van der Waals surface area contributed by atoms with Crippen LogP contribution in [0.4, 0.5) is 0 Å². The molecule has 0 aliphatic carbocycles. The first-order chi connectivity index (χ1) is 9.49. The minimum atomic E-state index is -1.12. The van der Waals surface area contributed by atoms with Crippen LogP contribution < -0.4 is 10.6 Å². The molecule has 1 atom stereocenters. The van der Waals surface area contributed by atoms with Gasteiger partial charge in [-0.2, -0.15) is 0 Å². The largest absolute Gasteiger partial charge is 0.480 e. The fourth-order valence-electron chi connectivity index (χ4n) is 1.34. The number of furan rings is 1. The zero-order chi connectivity index (χ0) is 15.0. The second-order valence-electron chi connectivity index (χ2n) is 3.96. The molecule has 0 fully saturated rings. The number of hydrogen-bond donors (Lipinski definition) is 3. The molecule has 1 aromatic heterocycles. The number of hydrogen-bond acceptors (Lipinski definition) is 5. The lowest BCUT2D eigenvalue weighted by Crippen LogP contribution is -2.41. The Bertz CT molecular complexity index is 460. The van der Waals surface area contributed by atoms with Crippen LogP contribution in [0.1, 0.15) is 12.7 Å². The van der Waals surface area contributed by atoms with E-state index in [-0.39, 0.29) is 17.4 Å². The van der Waals surface area contributed by atoms with E-state index in [0.29, 0.717) is 12.3 Å². The minimum absolute atomic E-state index is 0.115. The molecule has 1 aromatic rings. The van der Waals surface area contributed by atoms with Gasteiger partial charge in [0.05, 0.1) is 18.6 Å². The first-order valence-corrected chi connectivity index (χ1v) is 7.01. The highest BCUT2D eigenvalue weighted by Gasteiger charge is 2.18. The van der Waals surface area contributed by atoms with Gasteiger partial charge in [-0.15, -0.1) is 11.8 Å². The smallest absolute Gasteiger partial charge is 0.327 e. The highest BCUT2D eigenvalue weighted by Crippen LogP contribution is 2.04. The van der Waals surface area contributed by atoms with Gasteiger partial charge in [0.2, 0.25) is 11.8 Å². The normalized spacial score (nSPS) is 11.7. The van der Waals surface area contributed by atoms with Crippen molar-refractivity contribution in [3.05, 3.63) is 24.2 Å². The van der Waals surface area contributed by atoms with E-state index in [2.05, 4.69) is 10.6 Å². The molecule has 8 heteroatoms. The van der Waals surface area contributed by atoms with Crippen LogP contribution in [0.25, 0.3) is 0 Å². The summed E-state index contributed by atoms with van der Waals surface area (Å²) in [7, 11) is 0. The molecule has 3 N–H and O–H groups in total. The summed E-state index contributed by atoms with van der Waals surface area (Å²) in [5.74, 6) is -0.875. The average Bonchev–Trinajstić information content (AvgIpc) is 2.87. The summed E-state index contributed by atoms with van der Waals surface area (Å²) in [6.45, 7) is 1.54. The van der Waals surface area contributed by atoms with Gasteiger partial charge in [0.1, 0.15) is 11.8 Å². The van der Waals surface area contributed by atoms with E-state index in [0.717, 1.165) is 11.8 Å². The predicted octanol–water partition coefficient (Wildman–Crippen LogP) is 0.218. The minimum Gasteiger partial charge on any atom is -0.480 e. The van der Waals surface area contributed by atoms with E-state index >= 15 is 0 Å². The number of rotatable bonds is 8. The van der Waals surface area contributed by atoms with Crippen molar-refractivity contribution in [3.8, 4) is 0 Å². The summed E-state index contributed by atoms with van der Waals surface area (Å²) in [6, 6.07) is 2.47. The molecule has 0 radical (unpaired) electrons. The van der Waals surface area contributed by atoms with Gasteiger partial charge in [0.15, 0.2) is 0 Å². The third-order valence-corrected chi connectivity index (χ3v) is 3.27. The van der Waals surface area contributed by atoms with Crippen molar-refractivity contribution in [2.24, 2.45) is 0 Å². The van der Waals surface area contributed by atoms with Crippen molar-refractivity contribution < 1.29 is 23.9 Å². The number of carboxylic acid groups (broad SMARTS) is 1. The maximum Gasteiger partial charge on any atom is 0.327 e. The van der Waals surface area contributed by atoms with Crippen LogP contribution in [0, 0.1) is 0 Å². The Labute approximate surface area is 120 Å². The van der Waals surface area contributed by atoms with Gasteiger partial charge >= 0.3 is 5.97 Å². The van der Waals surface area contributed by atoms with Crippen LogP contribution in [0.15, 0.2) is 22.8 Å². The van der Waals surface area contributed by atoms with Crippen molar-refractivity contribution in [2.45, 2.75) is 19.5 Å². The Morgan fingerprint density at radius 1 is 1.45 bits per heavy atom. The molecule has 0 aromatic carbocycles. The van der Waals surface area contributed by atoms with Crippen molar-refractivity contribution in [3.63, 3.8) is 0 Å². The number of aliphatic carboxylic acids is 1. The molecule has 1 unspecified atom stereocenters. The van der Waals surface area contributed by atoms with Gasteiger partial charge < -0.3 is 20.2 Å². The Morgan fingerprint density at radius 2 is 2.20 bits per heavy atom. The molecule has 0 bridgehead atoms. The lowest BCUT2D eigenvalue weighted by molar-refractivity contribution is -0.140. The quantitative estimate of drug-likeness (QED) is 0.633. The molecule has 110 valence electrons. The first-order valence-electron chi connectivity index (χ1n) is 5.85. The van der Waals surface area contributed by atoms with Crippen LogP contribution in [-0.2, 0) is 20.9 Å². The van der Waals surface area contributed by atoms with Crippen molar-refractivity contribution in [2.75, 3.05) is 11.5 Å². The van der Waals surface area contributed by atoms with Gasteiger partial charge in [-0.1, -0.05) is 0 Å². The van der Waals surface area contributed by atoms with Crippen LogP contribution in [0.2, 0.25) is 0 Å². The number of nitrogens with one attached hydrogen (secondary N) is 2. The Kier molecular flexibility index (Phi) is 6.65. The molecule has 1 rings (SSSR count). The molecule has 2 amide bonds. The van der Waals surface area contributed by atoms with E-state index in [9.17, 15) is 14.4 Å². The molecule has 0 saturated heterocycles. The molecule has 0 aliphatic heterocycles. The van der Waals surface area contributed by atoms with Crippen molar-refractivity contribution in [1.82, 2.24) is 10.6 Å². The maximum atomic E-state index is 11.5. The van der Waals surface area contributed by atoms with Crippen molar-refractivity contribution in [1.29, 1.82) is 0 Å². The topological polar surface area (TPSA) is 109 Å². The van der Waals surface area contributed by atoms with Crippen LogP contribution in [0.5, 0.6) is 0 Å². The number of thioether (sulfide) groups is 1. The Hall–Kier alpha value is -1.96. The zero-order valence-electron chi connectivity index (χ0n) is 10.9. The van der Waals surface area contributed by atoms with Gasteiger partial charge in [-0.3, -0.25) is 9.59 Å². The van der Waals surface area contributed by atoms with E-state index < -0.39 is 17.9 Å². The summed E-state index contributed by atoms with van der Waals surface area (Å²) in [5, 5.41) is 13.8. The average molecular weight is 300 g/mol. The summed E-state index contributed by atoms with van der Waals surface area (Å²) in [5.41, 5.74) is 0.